The fourth-order valence-corrected chi connectivity index (χ4v) is 8.64. The van der Waals surface area contributed by atoms with Crippen molar-refractivity contribution < 1.29 is 45.6 Å². The quantitative estimate of drug-likeness (QED) is 0.0291. The minimum atomic E-state index is -4.70. The number of hydrogen-bond donors (Lipinski definition) is 2. The summed E-state index contributed by atoms with van der Waals surface area (Å²) in [5, 5.41) is 22.6. The Morgan fingerprint density at radius 3 is 1.29 bits per heavy atom. The molecule has 0 saturated heterocycles. The molecule has 0 amide bonds. The molecule has 0 spiro atoms. The number of rotatable bonds is 30. The zero-order valence-corrected chi connectivity index (χ0v) is 41.6. The van der Waals surface area contributed by atoms with Crippen LogP contribution in [0, 0.1) is 0 Å². The molecule has 0 heterocycles. The third-order valence-corrected chi connectivity index (χ3v) is 12.7. The number of phenolic OH excluding ortho intramolecular Hbond substituents is 1. The molecule has 0 fully saturated rings. The molecule has 344 valence electrons. The molecule has 0 bridgehead atoms. The van der Waals surface area contributed by atoms with E-state index in [1.54, 1.807) is 24.3 Å². The number of ether oxygens (including phenoxy) is 2. The van der Waals surface area contributed by atoms with Crippen LogP contribution in [-0.4, -0.2) is 68.8 Å². The van der Waals surface area contributed by atoms with E-state index < -0.39 is 25.1 Å². The predicted octanol–water partition coefficient (Wildman–Crippen LogP) is 13.2. The monoisotopic (exact) mass is 934 g/mol. The molecule has 0 unspecified atom stereocenters. The van der Waals surface area contributed by atoms with Crippen LogP contribution >= 0.6 is 0 Å². The van der Waals surface area contributed by atoms with E-state index in [1.165, 1.54) is 164 Å². The van der Waals surface area contributed by atoms with Crippen molar-refractivity contribution in [2.24, 2.45) is 0 Å². The molecule has 0 radical (unpaired) electrons. The van der Waals surface area contributed by atoms with E-state index in [2.05, 4.69) is 13.8 Å². The summed E-state index contributed by atoms with van der Waals surface area (Å²) in [4.78, 5) is -0.780. The van der Waals surface area contributed by atoms with Crippen molar-refractivity contribution in [1.29, 1.82) is 0 Å². The molecule has 0 aliphatic rings. The summed E-state index contributed by atoms with van der Waals surface area (Å²) >= 11 is 0. The first-order valence-corrected chi connectivity index (χ1v) is 25.8. The zero-order valence-electron chi connectivity index (χ0n) is 37.7. The molecule has 4 aromatic rings. The molecule has 2 N–H and O–H groups in total. The maximum atomic E-state index is 12.4. The van der Waals surface area contributed by atoms with Gasteiger partial charge in [-0.3, -0.25) is 4.55 Å². The molecule has 10 nitrogen and oxygen atoms in total. The first kappa shape index (κ1) is 56.3. The normalized spacial score (nSPS) is 11.4. The molecule has 0 aliphatic carbocycles. The Labute approximate surface area is 408 Å². The average molecular weight is 935 g/mol. The van der Waals surface area contributed by atoms with Crippen molar-refractivity contribution in [2.75, 3.05) is 0 Å². The summed E-state index contributed by atoms with van der Waals surface area (Å²) in [6.07, 6.45) is 28.9. The Morgan fingerprint density at radius 1 is 0.476 bits per heavy atom. The summed E-state index contributed by atoms with van der Waals surface area (Å²) < 4.78 is 78.5. The van der Waals surface area contributed by atoms with E-state index in [1.807, 2.05) is 12.1 Å². The first-order chi connectivity index (χ1) is 29.9. The SMILES string of the molecule is CCCCCCCCCCCCCc1cccc(O)c1Oc1ccccc1S(=O)(=O)O.CCCCCCCCCCCCCc1cccc([O-])c1Oc1ccccc1S(=O)(=O)[O-].[Ca+2]. The molecule has 0 atom stereocenters. The van der Waals surface area contributed by atoms with Gasteiger partial charge in [-0.15, -0.1) is 0 Å². The standard InChI is InChI=1S/2C25H36O5S.Ca/c2*1-2-3-4-5-6-7-8-9-10-11-12-16-21-17-15-18-22(26)25(21)30-23-19-13-14-20-24(23)31(27,28)29;/h2*13-15,17-20,26H,2-12,16H2,1H3,(H,27,28,29);/q;;+2/p-2. The van der Waals surface area contributed by atoms with Crippen LogP contribution in [0.2, 0.25) is 0 Å². The Hall–Kier alpha value is -2.84. The molecule has 4 aromatic carbocycles. The van der Waals surface area contributed by atoms with Crippen LogP contribution in [0.4, 0.5) is 0 Å². The predicted molar refractivity (Wildman–Crippen MR) is 251 cm³/mol. The second-order valence-corrected chi connectivity index (χ2v) is 18.8. The number of aromatic hydroxyl groups is 1. The minimum Gasteiger partial charge on any atom is -0.870 e. The summed E-state index contributed by atoms with van der Waals surface area (Å²) in [5.74, 6) is -0.145. The van der Waals surface area contributed by atoms with Crippen molar-refractivity contribution in [3.63, 3.8) is 0 Å². The van der Waals surface area contributed by atoms with Gasteiger partial charge in [-0.1, -0.05) is 203 Å². The van der Waals surface area contributed by atoms with E-state index in [0.29, 0.717) is 6.42 Å². The van der Waals surface area contributed by atoms with E-state index in [4.69, 9.17) is 9.47 Å². The number of phenols is 1. The van der Waals surface area contributed by atoms with Gasteiger partial charge in [-0.2, -0.15) is 8.42 Å². The number of benzene rings is 4. The van der Waals surface area contributed by atoms with Crippen LogP contribution < -0.4 is 14.6 Å². The van der Waals surface area contributed by atoms with Crippen LogP contribution in [0.25, 0.3) is 0 Å². The average Bonchev–Trinajstić information content (AvgIpc) is 3.24. The molecule has 0 saturated carbocycles. The van der Waals surface area contributed by atoms with Crippen molar-refractivity contribution in [2.45, 2.75) is 178 Å². The molecule has 63 heavy (non-hydrogen) atoms. The van der Waals surface area contributed by atoms with Gasteiger partial charge in [-0.25, -0.2) is 8.42 Å². The smallest absolute Gasteiger partial charge is 0.870 e. The second kappa shape index (κ2) is 31.9. The Balaban J connectivity index is 0.000000427. The van der Waals surface area contributed by atoms with E-state index >= 15 is 0 Å². The van der Waals surface area contributed by atoms with Crippen LogP contribution in [-0.2, 0) is 33.1 Å². The van der Waals surface area contributed by atoms with E-state index in [0.717, 1.165) is 43.2 Å². The third-order valence-electron chi connectivity index (χ3n) is 10.9. The van der Waals surface area contributed by atoms with Gasteiger partial charge in [0.05, 0.1) is 4.90 Å². The van der Waals surface area contributed by atoms with Crippen LogP contribution in [0.15, 0.2) is 94.7 Å². The summed E-state index contributed by atoms with van der Waals surface area (Å²) in [6.45, 7) is 4.47. The summed E-state index contributed by atoms with van der Waals surface area (Å²) in [6, 6.07) is 21.5. The van der Waals surface area contributed by atoms with Gasteiger partial charge in [0.15, 0.2) is 11.5 Å². The van der Waals surface area contributed by atoms with Gasteiger partial charge < -0.3 is 24.2 Å². The van der Waals surface area contributed by atoms with Crippen molar-refractivity contribution in [3.8, 4) is 34.5 Å². The van der Waals surface area contributed by atoms with Gasteiger partial charge in [-0.05, 0) is 67.1 Å². The molecule has 4 rings (SSSR count). The molecule has 0 aromatic heterocycles. The van der Waals surface area contributed by atoms with Crippen molar-refractivity contribution in [3.05, 3.63) is 96.1 Å². The van der Waals surface area contributed by atoms with Crippen LogP contribution in [0.1, 0.15) is 166 Å². The number of aryl methyl sites for hydroxylation is 2. The van der Waals surface area contributed by atoms with Crippen LogP contribution in [0.3, 0.4) is 0 Å². The van der Waals surface area contributed by atoms with E-state index in [-0.39, 0.29) is 77.1 Å². The first-order valence-electron chi connectivity index (χ1n) is 22.9. The van der Waals surface area contributed by atoms with Gasteiger partial charge in [0.25, 0.3) is 10.1 Å². The second-order valence-electron chi connectivity index (χ2n) is 16.1. The largest absolute Gasteiger partial charge is 2.00 e. The van der Waals surface area contributed by atoms with E-state index in [9.17, 15) is 36.2 Å². The molecule has 13 heteroatoms. The zero-order chi connectivity index (χ0) is 45.1. The van der Waals surface area contributed by atoms with Crippen molar-refractivity contribution in [1.82, 2.24) is 0 Å². The van der Waals surface area contributed by atoms with Gasteiger partial charge in [0.1, 0.15) is 32.3 Å². The topological polar surface area (TPSA) is 173 Å². The van der Waals surface area contributed by atoms with Gasteiger partial charge in [0.2, 0.25) is 0 Å². The molecular formula is C50H70CaO10S2. The summed E-state index contributed by atoms with van der Waals surface area (Å²) in [5.41, 5.74) is 1.56. The Kier molecular flexibility index (Phi) is 28.5. The minimum absolute atomic E-state index is 0. The maximum Gasteiger partial charge on any atom is 2.00 e. The summed E-state index contributed by atoms with van der Waals surface area (Å²) in [7, 11) is -9.12. The maximum absolute atomic E-state index is 12.4. The number of unbranched alkanes of at least 4 members (excludes halogenated alkanes) is 20. The van der Waals surface area contributed by atoms with Gasteiger partial charge >= 0.3 is 37.7 Å². The Bertz CT molecular complexity index is 1940. The third kappa shape index (κ3) is 22.3. The fourth-order valence-electron chi connectivity index (χ4n) is 7.43. The molecular weight excluding hydrogens is 865 g/mol. The molecule has 0 aliphatic heterocycles. The fraction of sp³-hybridized carbons (Fsp3) is 0.520. The van der Waals surface area contributed by atoms with Crippen LogP contribution in [0.5, 0.6) is 34.5 Å². The van der Waals surface area contributed by atoms with Gasteiger partial charge in [0, 0.05) is 0 Å². The number of para-hydroxylation sites is 4. The van der Waals surface area contributed by atoms with Crippen molar-refractivity contribution >= 4 is 58.0 Å². The number of hydrogen-bond acceptors (Lipinski definition) is 9. The Morgan fingerprint density at radius 2 is 0.841 bits per heavy atom.